The van der Waals surface area contributed by atoms with Gasteiger partial charge in [0.15, 0.2) is 16.4 Å². The van der Waals surface area contributed by atoms with Gasteiger partial charge in [0.05, 0.1) is 11.5 Å². The molecule has 2 rings (SSSR count). The van der Waals surface area contributed by atoms with Gasteiger partial charge in [0.25, 0.3) is 5.91 Å². The quantitative estimate of drug-likeness (QED) is 0.824. The molecule has 0 aliphatic carbocycles. The number of benzene rings is 1. The Morgan fingerprint density at radius 2 is 2.05 bits per heavy atom. The second kappa shape index (κ2) is 6.66. The van der Waals surface area contributed by atoms with E-state index in [0.717, 1.165) is 0 Å². The molecular formula is C14H18ClNO4S. The molecule has 0 radical (unpaired) electrons. The molecule has 5 nitrogen and oxygen atoms in total. The van der Waals surface area contributed by atoms with Crippen LogP contribution in [-0.4, -0.2) is 49.9 Å². The molecule has 1 aliphatic rings. The first-order valence-electron chi connectivity index (χ1n) is 6.79. The molecule has 0 N–H and O–H groups in total. The van der Waals surface area contributed by atoms with Crippen LogP contribution in [0.5, 0.6) is 5.75 Å². The van der Waals surface area contributed by atoms with Crippen LogP contribution in [0, 0.1) is 0 Å². The predicted octanol–water partition coefficient (Wildman–Crippen LogP) is 1.75. The number of sulfone groups is 1. The van der Waals surface area contributed by atoms with Gasteiger partial charge in [-0.05, 0) is 37.6 Å². The number of ether oxygens (including phenoxy) is 1. The van der Waals surface area contributed by atoms with Crippen LogP contribution in [0.2, 0.25) is 5.02 Å². The van der Waals surface area contributed by atoms with Crippen molar-refractivity contribution in [2.45, 2.75) is 19.4 Å². The minimum Gasteiger partial charge on any atom is -0.484 e. The zero-order valence-corrected chi connectivity index (χ0v) is 13.4. The number of nitrogens with zero attached hydrogens (tertiary/aromatic N) is 1. The molecule has 0 saturated carbocycles. The average Bonchev–Trinajstić information content (AvgIpc) is 2.79. The Morgan fingerprint density at radius 1 is 1.38 bits per heavy atom. The summed E-state index contributed by atoms with van der Waals surface area (Å²) in [6.07, 6.45) is 0.503. The molecule has 0 aromatic heterocycles. The number of hydrogen-bond acceptors (Lipinski definition) is 4. The third-order valence-corrected chi connectivity index (χ3v) is 5.49. The van der Waals surface area contributed by atoms with Crippen LogP contribution in [0.15, 0.2) is 24.3 Å². The Kier molecular flexibility index (Phi) is 5.11. The molecule has 1 aliphatic heterocycles. The van der Waals surface area contributed by atoms with Crippen molar-refractivity contribution in [3.05, 3.63) is 29.3 Å². The monoisotopic (exact) mass is 331 g/mol. The maximum Gasteiger partial charge on any atom is 0.260 e. The van der Waals surface area contributed by atoms with Crippen LogP contribution in [0.25, 0.3) is 0 Å². The van der Waals surface area contributed by atoms with E-state index in [9.17, 15) is 13.2 Å². The highest BCUT2D eigenvalue weighted by atomic mass is 35.5. The normalized spacial score (nSPS) is 20.2. The maximum atomic E-state index is 12.2. The van der Waals surface area contributed by atoms with Gasteiger partial charge in [-0.15, -0.1) is 0 Å². The second-order valence-electron chi connectivity index (χ2n) is 4.98. The van der Waals surface area contributed by atoms with E-state index in [1.54, 1.807) is 29.2 Å². The fraction of sp³-hybridized carbons (Fsp3) is 0.500. The van der Waals surface area contributed by atoms with E-state index >= 15 is 0 Å². The Balaban J connectivity index is 1.93. The number of rotatable bonds is 5. The van der Waals surface area contributed by atoms with Crippen molar-refractivity contribution in [2.24, 2.45) is 0 Å². The summed E-state index contributed by atoms with van der Waals surface area (Å²) >= 11 is 5.77. The van der Waals surface area contributed by atoms with Gasteiger partial charge < -0.3 is 9.64 Å². The van der Waals surface area contributed by atoms with E-state index in [-0.39, 0.29) is 30.1 Å². The summed E-state index contributed by atoms with van der Waals surface area (Å²) in [7, 11) is -3.01. The second-order valence-corrected chi connectivity index (χ2v) is 7.64. The zero-order valence-electron chi connectivity index (χ0n) is 11.8. The van der Waals surface area contributed by atoms with Crippen molar-refractivity contribution in [2.75, 3.05) is 24.7 Å². The summed E-state index contributed by atoms with van der Waals surface area (Å²) in [6.45, 7) is 2.21. The predicted molar refractivity (Wildman–Crippen MR) is 81.4 cm³/mol. The Morgan fingerprint density at radius 3 is 2.57 bits per heavy atom. The summed E-state index contributed by atoms with van der Waals surface area (Å²) in [5, 5.41) is 0.597. The molecule has 0 bridgehead atoms. The summed E-state index contributed by atoms with van der Waals surface area (Å²) < 4.78 is 28.4. The van der Waals surface area contributed by atoms with E-state index < -0.39 is 9.84 Å². The van der Waals surface area contributed by atoms with Crippen molar-refractivity contribution in [3.8, 4) is 5.75 Å². The summed E-state index contributed by atoms with van der Waals surface area (Å²) in [6, 6.07) is 6.50. The highest BCUT2D eigenvalue weighted by Gasteiger charge is 2.33. The number of carbonyl (C=O) groups is 1. The van der Waals surface area contributed by atoms with Gasteiger partial charge in [0.1, 0.15) is 5.75 Å². The van der Waals surface area contributed by atoms with Gasteiger partial charge in [-0.25, -0.2) is 8.42 Å². The van der Waals surface area contributed by atoms with Crippen molar-refractivity contribution < 1.29 is 17.9 Å². The van der Waals surface area contributed by atoms with Gasteiger partial charge in [-0.3, -0.25) is 4.79 Å². The number of carbonyl (C=O) groups excluding carboxylic acids is 1. The van der Waals surface area contributed by atoms with Crippen molar-refractivity contribution in [3.63, 3.8) is 0 Å². The van der Waals surface area contributed by atoms with Gasteiger partial charge in [-0.1, -0.05) is 11.6 Å². The standard InChI is InChI=1S/C14H18ClNO4S/c1-2-16(12-7-8-21(18,19)10-12)14(17)9-20-13-5-3-11(15)4-6-13/h3-6,12H,2,7-10H2,1H3/t12-/m0/s1. The third kappa shape index (κ3) is 4.35. The van der Waals surface area contributed by atoms with Crippen molar-refractivity contribution >= 4 is 27.3 Å². The molecule has 116 valence electrons. The number of amides is 1. The topological polar surface area (TPSA) is 63.7 Å². The van der Waals surface area contributed by atoms with E-state index in [0.29, 0.717) is 23.7 Å². The van der Waals surface area contributed by atoms with Crippen LogP contribution in [-0.2, 0) is 14.6 Å². The highest BCUT2D eigenvalue weighted by Crippen LogP contribution is 2.19. The first kappa shape index (κ1) is 16.1. The average molecular weight is 332 g/mol. The minimum absolute atomic E-state index is 0.0491. The fourth-order valence-electron chi connectivity index (χ4n) is 2.42. The molecule has 1 atom stereocenters. The molecule has 21 heavy (non-hydrogen) atoms. The van der Waals surface area contributed by atoms with E-state index in [4.69, 9.17) is 16.3 Å². The SMILES string of the molecule is CCN(C(=O)COc1ccc(Cl)cc1)[C@H]1CCS(=O)(=O)C1. The first-order chi connectivity index (χ1) is 9.91. The Labute approximate surface area is 129 Å². The van der Waals surface area contributed by atoms with Crippen LogP contribution in [0.1, 0.15) is 13.3 Å². The van der Waals surface area contributed by atoms with Gasteiger partial charge in [0, 0.05) is 17.6 Å². The first-order valence-corrected chi connectivity index (χ1v) is 8.99. The summed E-state index contributed by atoms with van der Waals surface area (Å²) in [5.74, 6) is 0.560. The Hall–Kier alpha value is -1.27. The molecule has 1 amide bonds. The molecule has 1 fully saturated rings. The molecule has 1 aromatic carbocycles. The van der Waals surface area contributed by atoms with E-state index in [1.807, 2.05) is 6.92 Å². The molecule has 7 heteroatoms. The number of hydrogen-bond donors (Lipinski definition) is 0. The number of likely N-dealkylation sites (N-methyl/N-ethyl adjacent to an activating group) is 1. The summed E-state index contributed by atoms with van der Waals surface area (Å²) in [5.41, 5.74) is 0. The van der Waals surface area contributed by atoms with Crippen LogP contribution < -0.4 is 4.74 Å². The van der Waals surface area contributed by atoms with Gasteiger partial charge >= 0.3 is 0 Å². The smallest absolute Gasteiger partial charge is 0.260 e. The van der Waals surface area contributed by atoms with Crippen LogP contribution in [0.3, 0.4) is 0 Å². The van der Waals surface area contributed by atoms with Gasteiger partial charge in [-0.2, -0.15) is 0 Å². The highest BCUT2D eigenvalue weighted by molar-refractivity contribution is 7.91. The van der Waals surface area contributed by atoms with Gasteiger partial charge in [0.2, 0.25) is 0 Å². The van der Waals surface area contributed by atoms with E-state index in [2.05, 4.69) is 0 Å². The zero-order chi connectivity index (χ0) is 15.5. The molecular weight excluding hydrogens is 314 g/mol. The van der Waals surface area contributed by atoms with Crippen LogP contribution >= 0.6 is 11.6 Å². The number of halogens is 1. The summed E-state index contributed by atoms with van der Waals surface area (Å²) in [4.78, 5) is 13.8. The molecule has 0 unspecified atom stereocenters. The molecule has 0 spiro atoms. The molecule has 1 aromatic rings. The third-order valence-electron chi connectivity index (χ3n) is 3.49. The largest absolute Gasteiger partial charge is 0.484 e. The minimum atomic E-state index is -3.01. The lowest BCUT2D eigenvalue weighted by atomic mass is 10.2. The van der Waals surface area contributed by atoms with Crippen molar-refractivity contribution in [1.82, 2.24) is 4.90 Å². The van der Waals surface area contributed by atoms with Crippen molar-refractivity contribution in [1.29, 1.82) is 0 Å². The maximum absolute atomic E-state index is 12.2. The molecule has 1 heterocycles. The lowest BCUT2D eigenvalue weighted by Crippen LogP contribution is -2.43. The van der Waals surface area contributed by atoms with Crippen LogP contribution in [0.4, 0.5) is 0 Å². The van der Waals surface area contributed by atoms with E-state index in [1.165, 1.54) is 0 Å². The Bertz CT molecular complexity index is 600. The fourth-order valence-corrected chi connectivity index (χ4v) is 4.27. The lowest BCUT2D eigenvalue weighted by Gasteiger charge is -2.26. The lowest BCUT2D eigenvalue weighted by molar-refractivity contribution is -0.135. The molecule has 1 saturated heterocycles.